The van der Waals surface area contributed by atoms with Crippen molar-refractivity contribution in [2.75, 3.05) is 6.54 Å². The first-order chi connectivity index (χ1) is 12.5. The number of thiazole rings is 1. The Morgan fingerprint density at radius 3 is 2.81 bits per heavy atom. The first-order valence-corrected chi connectivity index (χ1v) is 10.3. The summed E-state index contributed by atoms with van der Waals surface area (Å²) in [6.45, 7) is 0.148. The van der Waals surface area contributed by atoms with Gasteiger partial charge >= 0.3 is 4.87 Å². The Kier molecular flexibility index (Phi) is 3.49. The molecular formula is C17H15N2O5S2-. The van der Waals surface area contributed by atoms with E-state index in [0.717, 1.165) is 16.3 Å². The summed E-state index contributed by atoms with van der Waals surface area (Å²) in [6, 6.07) is 0. The molecule has 1 aromatic heterocycles. The second kappa shape index (κ2) is 5.56. The SMILES string of the molecule is O=C([O-])CCCN1C(=O)[C@@H]2[C@@H]3C[C@@H](C4=Cc5sc(=O)[nH]c5S[C@H]43)[C@H]2C1=O. The predicted octanol–water partition coefficient (Wildman–Crippen LogP) is 0.0751. The van der Waals surface area contributed by atoms with Crippen LogP contribution in [0.3, 0.4) is 0 Å². The molecule has 26 heavy (non-hydrogen) atoms. The van der Waals surface area contributed by atoms with Gasteiger partial charge in [-0.3, -0.25) is 19.3 Å². The fraction of sp³-hybridized carbons (Fsp3) is 0.529. The smallest absolute Gasteiger partial charge is 0.305 e. The van der Waals surface area contributed by atoms with Gasteiger partial charge in [0, 0.05) is 17.8 Å². The van der Waals surface area contributed by atoms with Crippen LogP contribution in [0, 0.1) is 23.7 Å². The molecule has 5 rings (SSSR count). The van der Waals surface area contributed by atoms with Crippen LogP contribution in [0.1, 0.15) is 24.1 Å². The Morgan fingerprint density at radius 2 is 2.04 bits per heavy atom. The maximum atomic E-state index is 12.8. The number of carbonyl (C=O) groups excluding carboxylic acids is 3. The number of fused-ring (bicyclic) bond motifs is 9. The van der Waals surface area contributed by atoms with Crippen molar-refractivity contribution in [1.82, 2.24) is 9.88 Å². The number of hydrogen-bond acceptors (Lipinski definition) is 7. The topological polar surface area (TPSA) is 110 Å². The van der Waals surface area contributed by atoms with Gasteiger partial charge in [-0.15, -0.1) is 0 Å². The second-order valence-electron chi connectivity index (χ2n) is 7.25. The Hall–Kier alpha value is -1.87. The van der Waals surface area contributed by atoms with E-state index in [2.05, 4.69) is 4.98 Å². The number of aromatic amines is 1. The van der Waals surface area contributed by atoms with Crippen LogP contribution in [-0.4, -0.2) is 39.5 Å². The van der Waals surface area contributed by atoms with E-state index in [1.807, 2.05) is 6.08 Å². The number of rotatable bonds is 4. The molecule has 9 heteroatoms. The van der Waals surface area contributed by atoms with E-state index in [1.54, 1.807) is 11.8 Å². The van der Waals surface area contributed by atoms with Crippen molar-refractivity contribution in [3.63, 3.8) is 0 Å². The monoisotopic (exact) mass is 391 g/mol. The molecule has 2 saturated carbocycles. The molecule has 1 aromatic rings. The number of likely N-dealkylation sites (tertiary alicyclic amines) is 1. The zero-order valence-corrected chi connectivity index (χ0v) is 15.2. The van der Waals surface area contributed by atoms with Gasteiger partial charge in [-0.2, -0.15) is 0 Å². The fourth-order valence-electron chi connectivity index (χ4n) is 5.08. The summed E-state index contributed by atoms with van der Waals surface area (Å²) in [5.41, 5.74) is 1.18. The van der Waals surface area contributed by atoms with E-state index in [1.165, 1.54) is 21.8 Å². The molecule has 5 atom stereocenters. The van der Waals surface area contributed by atoms with Gasteiger partial charge in [0.05, 0.1) is 21.7 Å². The summed E-state index contributed by atoms with van der Waals surface area (Å²) in [6.07, 6.45) is 2.95. The van der Waals surface area contributed by atoms with Crippen LogP contribution < -0.4 is 9.98 Å². The molecule has 0 spiro atoms. The highest BCUT2D eigenvalue weighted by Crippen LogP contribution is 2.64. The molecular weight excluding hydrogens is 376 g/mol. The Balaban J connectivity index is 1.43. The summed E-state index contributed by atoms with van der Waals surface area (Å²) in [5, 5.41) is 11.6. The highest BCUT2D eigenvalue weighted by atomic mass is 32.2. The molecule has 0 unspecified atom stereocenters. The minimum Gasteiger partial charge on any atom is -0.550 e. The first kappa shape index (κ1) is 16.3. The van der Waals surface area contributed by atoms with Crippen molar-refractivity contribution in [3.8, 4) is 0 Å². The fourth-order valence-corrected chi connectivity index (χ4v) is 7.52. The van der Waals surface area contributed by atoms with Crippen molar-refractivity contribution in [2.24, 2.45) is 23.7 Å². The van der Waals surface area contributed by atoms with E-state index < -0.39 is 5.97 Å². The van der Waals surface area contributed by atoms with Crippen molar-refractivity contribution >= 4 is 47.0 Å². The molecule has 2 aliphatic carbocycles. The molecule has 2 aliphatic heterocycles. The number of nitrogens with zero attached hydrogens (tertiary/aromatic N) is 1. The normalized spacial score (nSPS) is 33.9. The largest absolute Gasteiger partial charge is 0.550 e. The lowest BCUT2D eigenvalue weighted by atomic mass is 9.77. The number of H-pyrrole nitrogens is 1. The van der Waals surface area contributed by atoms with Crippen LogP contribution >= 0.6 is 23.1 Å². The van der Waals surface area contributed by atoms with Crippen LogP contribution in [0.4, 0.5) is 0 Å². The zero-order valence-electron chi connectivity index (χ0n) is 13.6. The molecule has 7 nitrogen and oxygen atoms in total. The van der Waals surface area contributed by atoms with Crippen molar-refractivity contribution < 1.29 is 19.5 Å². The van der Waals surface area contributed by atoms with Gasteiger partial charge in [-0.25, -0.2) is 0 Å². The number of thioether (sulfide) groups is 1. The average Bonchev–Trinajstić information content (AvgIpc) is 3.28. The third kappa shape index (κ3) is 2.13. The van der Waals surface area contributed by atoms with E-state index in [4.69, 9.17) is 0 Å². The second-order valence-corrected chi connectivity index (χ2v) is 9.42. The quantitative estimate of drug-likeness (QED) is 0.728. The molecule has 136 valence electrons. The molecule has 0 radical (unpaired) electrons. The van der Waals surface area contributed by atoms with Crippen molar-refractivity contribution in [1.29, 1.82) is 0 Å². The van der Waals surface area contributed by atoms with Crippen LogP contribution in [0.5, 0.6) is 0 Å². The van der Waals surface area contributed by atoms with Crippen LogP contribution in [0.15, 0.2) is 15.4 Å². The lowest BCUT2D eigenvalue weighted by molar-refractivity contribution is -0.305. The first-order valence-electron chi connectivity index (χ1n) is 8.62. The van der Waals surface area contributed by atoms with Gasteiger partial charge < -0.3 is 14.9 Å². The third-order valence-electron chi connectivity index (χ3n) is 6.00. The van der Waals surface area contributed by atoms with Gasteiger partial charge in [0.15, 0.2) is 0 Å². The number of hydrogen-bond donors (Lipinski definition) is 1. The molecule has 2 bridgehead atoms. The van der Waals surface area contributed by atoms with Gasteiger partial charge in [0.1, 0.15) is 0 Å². The molecule has 1 N–H and O–H groups in total. The predicted molar refractivity (Wildman–Crippen MR) is 92.1 cm³/mol. The zero-order chi connectivity index (χ0) is 18.2. The minimum atomic E-state index is -1.17. The maximum Gasteiger partial charge on any atom is 0.305 e. The molecule has 3 fully saturated rings. The van der Waals surface area contributed by atoms with Crippen molar-refractivity contribution in [3.05, 3.63) is 20.1 Å². The molecule has 3 heterocycles. The summed E-state index contributed by atoms with van der Waals surface area (Å²) < 4.78 is 0. The van der Waals surface area contributed by atoms with Gasteiger partial charge in [0.25, 0.3) is 0 Å². The Bertz CT molecular complexity index is 932. The number of carbonyl (C=O) groups is 3. The lowest BCUT2D eigenvalue weighted by Gasteiger charge is -2.32. The van der Waals surface area contributed by atoms with Crippen LogP contribution in [0.2, 0.25) is 0 Å². The number of amides is 2. The number of imide groups is 1. The average molecular weight is 391 g/mol. The lowest BCUT2D eigenvalue weighted by Crippen LogP contribution is -2.35. The van der Waals surface area contributed by atoms with Gasteiger partial charge in [-0.05, 0) is 37.2 Å². The Morgan fingerprint density at radius 1 is 1.27 bits per heavy atom. The van der Waals surface area contributed by atoms with Gasteiger partial charge in [-0.1, -0.05) is 28.7 Å². The number of aliphatic carboxylic acids is 1. The van der Waals surface area contributed by atoms with E-state index in [0.29, 0.717) is 0 Å². The molecule has 0 aromatic carbocycles. The van der Waals surface area contributed by atoms with Crippen LogP contribution in [-0.2, 0) is 14.4 Å². The number of aromatic nitrogens is 1. The molecule has 4 aliphatic rings. The van der Waals surface area contributed by atoms with E-state index in [9.17, 15) is 24.3 Å². The van der Waals surface area contributed by atoms with E-state index >= 15 is 0 Å². The highest BCUT2D eigenvalue weighted by molar-refractivity contribution is 8.00. The van der Waals surface area contributed by atoms with Crippen molar-refractivity contribution in [2.45, 2.75) is 29.5 Å². The minimum absolute atomic E-state index is 0.0513. The summed E-state index contributed by atoms with van der Waals surface area (Å²) in [5.74, 6) is -1.97. The third-order valence-corrected chi connectivity index (χ3v) is 8.39. The van der Waals surface area contributed by atoms with Gasteiger partial charge in [0.2, 0.25) is 11.8 Å². The Labute approximate surface area is 156 Å². The molecule has 1 saturated heterocycles. The summed E-state index contributed by atoms with van der Waals surface area (Å²) in [4.78, 5) is 52.8. The maximum absolute atomic E-state index is 12.8. The number of nitrogens with one attached hydrogen (secondary N) is 1. The summed E-state index contributed by atoms with van der Waals surface area (Å²) in [7, 11) is 0. The van der Waals surface area contributed by atoms with E-state index in [-0.39, 0.29) is 65.0 Å². The molecule has 2 amide bonds. The number of carboxylic acid groups (broad SMARTS) is 1. The van der Waals surface area contributed by atoms with Crippen LogP contribution in [0.25, 0.3) is 6.08 Å². The standard InChI is InChI=1S/C17H16N2O5S2/c20-10(21)2-1-3-19-15(22)11-6-4-8(12(11)16(19)23)13-7(6)5-9-14(26-13)18-17(24)25-9/h5-6,8,11-13H,1-4H2,(H,18,24)(H,20,21)/p-1/t6-,8-,11+,12+,13+/m0/s1. The summed E-state index contributed by atoms with van der Waals surface area (Å²) >= 11 is 2.78. The highest BCUT2D eigenvalue weighted by Gasteiger charge is 2.66. The number of carboxylic acids is 1.